The molecule has 0 aliphatic rings. The first-order chi connectivity index (χ1) is 19.1. The van der Waals surface area contributed by atoms with Gasteiger partial charge in [0.15, 0.2) is 0 Å². The summed E-state index contributed by atoms with van der Waals surface area (Å²) in [5.41, 5.74) is 5.45. The average Bonchev–Trinajstić information content (AvgIpc) is 2.98. The Morgan fingerprint density at radius 2 is 0.872 bits per heavy atom. The Kier molecular flexibility index (Phi) is 6.59. The second kappa shape index (κ2) is 10.6. The first kappa shape index (κ1) is 24.1. The summed E-state index contributed by atoms with van der Waals surface area (Å²) in [6, 6.07) is 39.4. The summed E-state index contributed by atoms with van der Waals surface area (Å²) in [4.78, 5) is 9.20. The van der Waals surface area contributed by atoms with Crippen LogP contribution < -0.4 is 0 Å². The Morgan fingerprint density at radius 1 is 0.462 bits per heavy atom. The lowest BCUT2D eigenvalue weighted by molar-refractivity contribution is 0.475. The highest BCUT2D eigenvalue weighted by atomic mass is 16.3. The van der Waals surface area contributed by atoms with Crippen LogP contribution in [0.2, 0.25) is 0 Å². The third-order valence-corrected chi connectivity index (χ3v) is 6.86. The molecule has 0 aliphatic carbocycles. The monoisotopic (exact) mass is 506 g/mol. The fraction of sp³-hybridized carbons (Fsp3) is 0.0286. The zero-order valence-corrected chi connectivity index (χ0v) is 21.2. The molecular weight excluding hydrogens is 480 g/mol. The number of fused-ring (bicyclic) bond motifs is 2. The topological polar surface area (TPSA) is 65.2 Å². The molecule has 0 heterocycles. The van der Waals surface area contributed by atoms with Gasteiger partial charge in [0.05, 0.1) is 11.4 Å². The van der Waals surface area contributed by atoms with Crippen LogP contribution >= 0.6 is 0 Å². The Labute approximate surface area is 226 Å². The smallest absolute Gasteiger partial charge is 0.124 e. The number of nitrogens with zero attached hydrogens (tertiary/aromatic N) is 2. The van der Waals surface area contributed by atoms with E-state index < -0.39 is 0 Å². The van der Waals surface area contributed by atoms with E-state index in [1.165, 1.54) is 11.1 Å². The maximum atomic E-state index is 10.3. The highest BCUT2D eigenvalue weighted by Crippen LogP contribution is 2.28. The normalized spacial score (nSPS) is 11.7. The van der Waals surface area contributed by atoms with Gasteiger partial charge in [-0.3, -0.25) is 9.98 Å². The van der Waals surface area contributed by atoms with Crippen LogP contribution in [-0.4, -0.2) is 22.6 Å². The van der Waals surface area contributed by atoms with E-state index in [1.807, 2.05) is 84.9 Å². The van der Waals surface area contributed by atoms with Gasteiger partial charge in [0.1, 0.15) is 11.5 Å². The minimum Gasteiger partial charge on any atom is -0.507 e. The molecule has 0 saturated heterocycles. The molecule has 0 bridgehead atoms. The number of aliphatic imine (C=N–C) groups is 2. The molecule has 0 aromatic heterocycles. The Balaban J connectivity index is 1.14. The van der Waals surface area contributed by atoms with Crippen molar-refractivity contribution in [3.8, 4) is 11.5 Å². The average molecular weight is 507 g/mol. The van der Waals surface area contributed by atoms with Gasteiger partial charge in [0, 0.05) is 23.6 Å². The van der Waals surface area contributed by atoms with Gasteiger partial charge in [0.2, 0.25) is 0 Å². The summed E-state index contributed by atoms with van der Waals surface area (Å²) in [7, 11) is 0. The molecule has 0 radical (unpaired) electrons. The first-order valence-corrected chi connectivity index (χ1v) is 12.8. The number of hydrogen-bond acceptors (Lipinski definition) is 4. The van der Waals surface area contributed by atoms with Crippen LogP contribution in [0.15, 0.2) is 131 Å². The molecule has 39 heavy (non-hydrogen) atoms. The maximum absolute atomic E-state index is 10.3. The number of aromatic hydroxyl groups is 2. The van der Waals surface area contributed by atoms with Gasteiger partial charge in [-0.1, -0.05) is 84.9 Å². The van der Waals surface area contributed by atoms with Crippen molar-refractivity contribution >= 4 is 45.3 Å². The number of benzene rings is 6. The van der Waals surface area contributed by atoms with E-state index in [9.17, 15) is 10.2 Å². The SMILES string of the molecule is Oc1ccc2ccccc2c1C=Nc1ccc(Cc2ccc(N=Cc3c(O)ccc4ccccc34)cc2)cc1. The fourth-order valence-electron chi connectivity index (χ4n) is 4.75. The first-order valence-electron chi connectivity index (χ1n) is 12.8. The van der Waals surface area contributed by atoms with Crippen LogP contribution in [-0.2, 0) is 6.42 Å². The summed E-state index contributed by atoms with van der Waals surface area (Å²) in [6.07, 6.45) is 4.25. The number of hydrogen-bond donors (Lipinski definition) is 2. The summed E-state index contributed by atoms with van der Waals surface area (Å²) in [5.74, 6) is 0.437. The highest BCUT2D eigenvalue weighted by Gasteiger charge is 2.06. The second-order valence-electron chi connectivity index (χ2n) is 9.47. The van der Waals surface area contributed by atoms with E-state index in [2.05, 4.69) is 34.3 Å². The van der Waals surface area contributed by atoms with Gasteiger partial charge in [-0.25, -0.2) is 0 Å². The minimum absolute atomic E-state index is 0.218. The van der Waals surface area contributed by atoms with Crippen molar-refractivity contribution in [1.82, 2.24) is 0 Å². The summed E-state index contributed by atoms with van der Waals surface area (Å²) >= 11 is 0. The standard InChI is InChI=1S/C35H26N2O2/c38-34-19-13-26-5-1-3-7-30(26)32(34)22-36-28-15-9-24(10-16-28)21-25-11-17-29(18-12-25)37-23-33-31-8-4-2-6-27(31)14-20-35(33)39/h1-20,22-23,38-39H,21H2. The van der Waals surface area contributed by atoms with Crippen molar-refractivity contribution in [2.75, 3.05) is 0 Å². The molecule has 188 valence electrons. The minimum atomic E-state index is 0.218. The number of phenolic OH excluding ortho intramolecular Hbond substituents is 2. The lowest BCUT2D eigenvalue weighted by Gasteiger charge is -2.06. The zero-order chi connectivity index (χ0) is 26.6. The van der Waals surface area contributed by atoms with E-state index in [1.54, 1.807) is 24.6 Å². The predicted octanol–water partition coefficient (Wildman–Crippen LogP) is 8.50. The van der Waals surface area contributed by atoms with Crippen LogP contribution in [0.5, 0.6) is 11.5 Å². The van der Waals surface area contributed by atoms with Crippen molar-refractivity contribution in [3.05, 3.63) is 144 Å². The lowest BCUT2D eigenvalue weighted by atomic mass is 10.0. The third kappa shape index (κ3) is 5.27. The molecule has 4 heteroatoms. The Morgan fingerprint density at radius 3 is 1.31 bits per heavy atom. The molecule has 0 atom stereocenters. The van der Waals surface area contributed by atoms with Gasteiger partial charge >= 0.3 is 0 Å². The van der Waals surface area contributed by atoms with Crippen LogP contribution in [0.25, 0.3) is 21.5 Å². The van der Waals surface area contributed by atoms with E-state index in [0.29, 0.717) is 0 Å². The van der Waals surface area contributed by atoms with Crippen molar-refractivity contribution in [2.45, 2.75) is 6.42 Å². The van der Waals surface area contributed by atoms with Crippen molar-refractivity contribution in [3.63, 3.8) is 0 Å². The Hall–Kier alpha value is -5.22. The fourth-order valence-corrected chi connectivity index (χ4v) is 4.75. The van der Waals surface area contributed by atoms with Crippen LogP contribution in [0.4, 0.5) is 11.4 Å². The van der Waals surface area contributed by atoms with Crippen LogP contribution in [0.1, 0.15) is 22.3 Å². The van der Waals surface area contributed by atoms with Gasteiger partial charge in [0.25, 0.3) is 0 Å². The van der Waals surface area contributed by atoms with Crippen LogP contribution in [0.3, 0.4) is 0 Å². The highest BCUT2D eigenvalue weighted by molar-refractivity contribution is 6.03. The zero-order valence-electron chi connectivity index (χ0n) is 21.2. The van der Waals surface area contributed by atoms with Gasteiger partial charge < -0.3 is 10.2 Å². The van der Waals surface area contributed by atoms with Gasteiger partial charge in [-0.05, 0) is 75.5 Å². The molecule has 0 fully saturated rings. The summed E-state index contributed by atoms with van der Waals surface area (Å²) in [6.45, 7) is 0. The molecule has 6 rings (SSSR count). The van der Waals surface area contributed by atoms with Crippen molar-refractivity contribution < 1.29 is 10.2 Å². The maximum Gasteiger partial charge on any atom is 0.124 e. The van der Waals surface area contributed by atoms with Gasteiger partial charge in [-0.15, -0.1) is 0 Å². The third-order valence-electron chi connectivity index (χ3n) is 6.86. The Bertz CT molecular complexity index is 1700. The second-order valence-corrected chi connectivity index (χ2v) is 9.47. The molecule has 2 N–H and O–H groups in total. The quantitative estimate of drug-likeness (QED) is 0.222. The molecule has 0 saturated carbocycles. The van der Waals surface area contributed by atoms with Crippen molar-refractivity contribution in [1.29, 1.82) is 0 Å². The molecule has 6 aromatic rings. The van der Waals surface area contributed by atoms with Crippen LogP contribution in [0, 0.1) is 0 Å². The summed E-state index contributed by atoms with van der Waals surface area (Å²) < 4.78 is 0. The lowest BCUT2D eigenvalue weighted by Crippen LogP contribution is -1.88. The number of rotatable bonds is 6. The van der Waals surface area contributed by atoms with E-state index in [-0.39, 0.29) is 11.5 Å². The molecule has 0 unspecified atom stereocenters. The molecule has 4 nitrogen and oxygen atoms in total. The van der Waals surface area contributed by atoms with Gasteiger partial charge in [-0.2, -0.15) is 0 Å². The summed E-state index contributed by atoms with van der Waals surface area (Å²) in [5, 5.41) is 24.8. The van der Waals surface area contributed by atoms with E-state index >= 15 is 0 Å². The molecular formula is C35H26N2O2. The van der Waals surface area contributed by atoms with Crippen molar-refractivity contribution in [2.24, 2.45) is 9.98 Å². The molecule has 0 spiro atoms. The van der Waals surface area contributed by atoms with E-state index in [0.717, 1.165) is 50.5 Å². The van der Waals surface area contributed by atoms with E-state index in [4.69, 9.17) is 0 Å². The largest absolute Gasteiger partial charge is 0.507 e. The predicted molar refractivity (Wildman–Crippen MR) is 161 cm³/mol. The molecule has 0 amide bonds. The molecule has 0 aliphatic heterocycles. The molecule has 6 aromatic carbocycles. The number of phenols is 2.